The number of carbonyl (C=O) groups is 1. The normalized spacial score (nSPS) is 25.2. The first-order chi connectivity index (χ1) is 13.7. The molecule has 6 heteroatoms. The number of nitrogens with one attached hydrogen (secondary N) is 1. The Morgan fingerprint density at radius 2 is 1.93 bits per heavy atom. The van der Waals surface area contributed by atoms with Crippen LogP contribution in [-0.4, -0.2) is 49.7 Å². The molecule has 2 aliphatic rings. The lowest BCUT2D eigenvalue weighted by atomic mass is 9.83. The summed E-state index contributed by atoms with van der Waals surface area (Å²) in [5.41, 5.74) is 7.44. The molecule has 0 radical (unpaired) electrons. The number of nitrogens with two attached hydrogens (primary N) is 1. The Balaban J connectivity index is 0.00000300. The van der Waals surface area contributed by atoms with E-state index in [1.165, 1.54) is 38.6 Å². The molecule has 0 spiro atoms. The van der Waals surface area contributed by atoms with Crippen molar-refractivity contribution in [1.82, 2.24) is 10.2 Å². The molecule has 1 aliphatic heterocycles. The van der Waals surface area contributed by atoms with Gasteiger partial charge in [-0.15, -0.1) is 12.4 Å². The highest BCUT2D eigenvalue weighted by atomic mass is 35.5. The minimum absolute atomic E-state index is 0. The predicted molar refractivity (Wildman–Crippen MR) is 120 cm³/mol. The van der Waals surface area contributed by atoms with Crippen LogP contribution in [0.25, 0.3) is 0 Å². The monoisotopic (exact) mass is 423 g/mol. The molecule has 1 heterocycles. The molecule has 1 amide bonds. The van der Waals surface area contributed by atoms with Gasteiger partial charge in [0.15, 0.2) is 0 Å². The van der Waals surface area contributed by atoms with Gasteiger partial charge in [0.2, 0.25) is 0 Å². The molecule has 1 saturated carbocycles. The lowest BCUT2D eigenvalue weighted by Crippen LogP contribution is -2.48. The molecule has 1 saturated heterocycles. The molecule has 0 unspecified atom stereocenters. The van der Waals surface area contributed by atoms with Gasteiger partial charge in [-0.25, -0.2) is 0 Å². The Kier molecular flexibility index (Phi) is 10.4. The summed E-state index contributed by atoms with van der Waals surface area (Å²) in [4.78, 5) is 15.4. The highest BCUT2D eigenvalue weighted by Crippen LogP contribution is 2.27. The first kappa shape index (κ1) is 24.1. The molecule has 3 rings (SSSR count). The number of ether oxygens (including phenoxy) is 1. The minimum Gasteiger partial charge on any atom is -0.381 e. The van der Waals surface area contributed by atoms with Gasteiger partial charge in [-0.2, -0.15) is 0 Å². The number of rotatable bonds is 8. The quantitative estimate of drug-likeness (QED) is 0.670. The van der Waals surface area contributed by atoms with Crippen molar-refractivity contribution in [3.63, 3.8) is 0 Å². The second-order valence-corrected chi connectivity index (χ2v) is 8.45. The predicted octanol–water partition coefficient (Wildman–Crippen LogP) is 3.60. The van der Waals surface area contributed by atoms with Crippen molar-refractivity contribution < 1.29 is 9.53 Å². The fraction of sp³-hybridized carbons (Fsp3) is 0.696. The Labute approximate surface area is 182 Å². The second kappa shape index (κ2) is 12.5. The van der Waals surface area contributed by atoms with Crippen molar-refractivity contribution in [3.05, 3.63) is 35.4 Å². The second-order valence-electron chi connectivity index (χ2n) is 8.45. The van der Waals surface area contributed by atoms with Crippen LogP contribution in [0.5, 0.6) is 0 Å². The molecule has 3 atom stereocenters. The van der Waals surface area contributed by atoms with E-state index in [1.807, 2.05) is 24.3 Å². The molecule has 5 nitrogen and oxygen atoms in total. The van der Waals surface area contributed by atoms with Gasteiger partial charge < -0.3 is 20.7 Å². The molecular formula is C23H38ClN3O2. The highest BCUT2D eigenvalue weighted by Gasteiger charge is 2.30. The average Bonchev–Trinajstić information content (AvgIpc) is 2.74. The maximum absolute atomic E-state index is 12.7. The van der Waals surface area contributed by atoms with Crippen molar-refractivity contribution in [2.75, 3.05) is 32.8 Å². The molecule has 2 fully saturated rings. The number of benzene rings is 1. The van der Waals surface area contributed by atoms with Gasteiger partial charge in [-0.1, -0.05) is 25.0 Å². The standard InChI is InChI=1S/C23H37N3O2.ClH/c1-2-28-17-19-6-5-13-26(15-19)16-21-7-3-4-8-22(21)25-23(27)20-11-9-18(14-24)10-12-20;/h9-12,19,21-22H,2-8,13-17,24H2,1H3,(H,25,27);1H/t19-,21-,22+;/m1./s1. The smallest absolute Gasteiger partial charge is 0.251 e. The Hall–Kier alpha value is -1.14. The third-order valence-corrected chi connectivity index (χ3v) is 6.33. The maximum Gasteiger partial charge on any atom is 0.251 e. The number of piperidine rings is 1. The first-order valence-electron chi connectivity index (χ1n) is 11.1. The summed E-state index contributed by atoms with van der Waals surface area (Å²) < 4.78 is 5.66. The lowest BCUT2D eigenvalue weighted by Gasteiger charge is -2.39. The first-order valence-corrected chi connectivity index (χ1v) is 11.1. The molecule has 1 aromatic rings. The van der Waals surface area contributed by atoms with Crippen molar-refractivity contribution in [2.24, 2.45) is 17.6 Å². The summed E-state index contributed by atoms with van der Waals surface area (Å²) in [6.07, 6.45) is 7.32. The largest absolute Gasteiger partial charge is 0.381 e. The molecule has 1 aromatic carbocycles. The van der Waals surface area contributed by atoms with E-state index in [0.29, 0.717) is 18.4 Å². The minimum atomic E-state index is 0. The van der Waals surface area contributed by atoms with E-state index in [0.717, 1.165) is 43.9 Å². The van der Waals surface area contributed by atoms with Crippen LogP contribution < -0.4 is 11.1 Å². The van der Waals surface area contributed by atoms with E-state index in [4.69, 9.17) is 10.5 Å². The van der Waals surface area contributed by atoms with Crippen molar-refractivity contribution >= 4 is 18.3 Å². The molecule has 1 aliphatic carbocycles. The van der Waals surface area contributed by atoms with E-state index in [-0.39, 0.29) is 24.4 Å². The SMILES string of the molecule is CCOC[C@@H]1CCCN(C[C@H]2CCCC[C@@H]2NC(=O)c2ccc(CN)cc2)C1.Cl. The van der Waals surface area contributed by atoms with Crippen molar-refractivity contribution in [3.8, 4) is 0 Å². The Bertz CT molecular complexity index is 611. The van der Waals surface area contributed by atoms with Crippen LogP contribution in [0.2, 0.25) is 0 Å². The van der Waals surface area contributed by atoms with E-state index >= 15 is 0 Å². The molecular weight excluding hydrogens is 386 g/mol. The van der Waals surface area contributed by atoms with Gasteiger partial charge >= 0.3 is 0 Å². The third kappa shape index (κ3) is 7.25. The number of carbonyl (C=O) groups excluding carboxylic acids is 1. The van der Waals surface area contributed by atoms with Crippen LogP contribution in [0.3, 0.4) is 0 Å². The van der Waals surface area contributed by atoms with Gasteiger partial charge in [-0.3, -0.25) is 4.79 Å². The van der Waals surface area contributed by atoms with E-state index < -0.39 is 0 Å². The molecule has 0 aromatic heterocycles. The van der Waals surface area contributed by atoms with Gasteiger partial charge in [0.05, 0.1) is 6.61 Å². The van der Waals surface area contributed by atoms with Crippen molar-refractivity contribution in [1.29, 1.82) is 0 Å². The fourth-order valence-electron chi connectivity index (χ4n) is 4.73. The van der Waals surface area contributed by atoms with Crippen LogP contribution in [0.1, 0.15) is 61.4 Å². The van der Waals surface area contributed by atoms with Gasteiger partial charge in [0.25, 0.3) is 5.91 Å². The lowest BCUT2D eigenvalue weighted by molar-refractivity contribution is 0.0548. The third-order valence-electron chi connectivity index (χ3n) is 6.33. The molecule has 0 bridgehead atoms. The summed E-state index contributed by atoms with van der Waals surface area (Å²) >= 11 is 0. The fourth-order valence-corrected chi connectivity index (χ4v) is 4.73. The summed E-state index contributed by atoms with van der Waals surface area (Å²) in [6.45, 7) is 7.68. The van der Waals surface area contributed by atoms with Crippen molar-refractivity contribution in [2.45, 2.75) is 58.0 Å². The number of amides is 1. The number of likely N-dealkylation sites (tertiary alicyclic amines) is 1. The van der Waals surface area contributed by atoms with E-state index in [9.17, 15) is 4.79 Å². The zero-order valence-electron chi connectivity index (χ0n) is 17.8. The van der Waals surface area contributed by atoms with E-state index in [2.05, 4.69) is 17.1 Å². The number of halogens is 1. The number of hydrogen-bond acceptors (Lipinski definition) is 4. The molecule has 29 heavy (non-hydrogen) atoms. The van der Waals surface area contributed by atoms with Crippen LogP contribution in [0.4, 0.5) is 0 Å². The summed E-state index contributed by atoms with van der Waals surface area (Å²) in [7, 11) is 0. The topological polar surface area (TPSA) is 67.6 Å². The highest BCUT2D eigenvalue weighted by molar-refractivity contribution is 5.94. The van der Waals surface area contributed by atoms with Gasteiger partial charge in [-0.05, 0) is 68.7 Å². The Morgan fingerprint density at radius 3 is 2.66 bits per heavy atom. The zero-order valence-corrected chi connectivity index (χ0v) is 18.6. The maximum atomic E-state index is 12.7. The van der Waals surface area contributed by atoms with E-state index in [1.54, 1.807) is 0 Å². The average molecular weight is 424 g/mol. The summed E-state index contributed by atoms with van der Waals surface area (Å²) in [5, 5.41) is 3.34. The van der Waals surface area contributed by atoms with Crippen LogP contribution in [0, 0.1) is 11.8 Å². The summed E-state index contributed by atoms with van der Waals surface area (Å²) in [5.74, 6) is 1.26. The summed E-state index contributed by atoms with van der Waals surface area (Å²) in [6, 6.07) is 7.94. The van der Waals surface area contributed by atoms with Crippen LogP contribution in [-0.2, 0) is 11.3 Å². The molecule has 3 N–H and O–H groups in total. The number of hydrogen-bond donors (Lipinski definition) is 2. The van der Waals surface area contributed by atoms with Crippen LogP contribution >= 0.6 is 12.4 Å². The Morgan fingerprint density at radius 1 is 1.17 bits per heavy atom. The van der Waals surface area contributed by atoms with Gasteiger partial charge in [0, 0.05) is 37.8 Å². The van der Waals surface area contributed by atoms with Gasteiger partial charge in [0.1, 0.15) is 0 Å². The molecule has 164 valence electrons. The zero-order chi connectivity index (χ0) is 19.8. The van der Waals surface area contributed by atoms with Crippen LogP contribution in [0.15, 0.2) is 24.3 Å². The number of nitrogens with zero attached hydrogens (tertiary/aromatic N) is 1.